The lowest BCUT2D eigenvalue weighted by atomic mass is 10.2. The van der Waals surface area contributed by atoms with Crippen LogP contribution in [0.25, 0.3) is 0 Å². The summed E-state index contributed by atoms with van der Waals surface area (Å²) in [6.45, 7) is 2.45. The molecule has 0 heterocycles. The van der Waals surface area contributed by atoms with Crippen LogP contribution in [0.3, 0.4) is 0 Å². The molecule has 16 heavy (non-hydrogen) atoms. The van der Waals surface area contributed by atoms with Crippen LogP contribution in [0.1, 0.15) is 25.7 Å². The van der Waals surface area contributed by atoms with Crippen molar-refractivity contribution in [2.24, 2.45) is 0 Å². The van der Waals surface area contributed by atoms with E-state index in [4.69, 9.17) is 0 Å². The van der Waals surface area contributed by atoms with E-state index in [-0.39, 0.29) is 5.75 Å². The van der Waals surface area contributed by atoms with Crippen LogP contribution in [0.4, 0.5) is 0 Å². The Hall–Kier alpha value is -0.130. The van der Waals surface area contributed by atoms with Crippen LogP contribution in [0, 0.1) is 0 Å². The summed E-state index contributed by atoms with van der Waals surface area (Å²) >= 11 is 0. The van der Waals surface area contributed by atoms with Gasteiger partial charge in [-0.05, 0) is 19.9 Å². The maximum Gasteiger partial charge on any atom is 0.148 e. The molecular formula is C11H24N2O2S. The van der Waals surface area contributed by atoms with Gasteiger partial charge in [0, 0.05) is 31.9 Å². The van der Waals surface area contributed by atoms with Gasteiger partial charge in [0.25, 0.3) is 0 Å². The molecule has 96 valence electrons. The molecule has 1 aliphatic carbocycles. The van der Waals surface area contributed by atoms with Crippen LogP contribution in [0.5, 0.6) is 0 Å². The number of nitrogens with zero attached hydrogens (tertiary/aromatic N) is 1. The smallest absolute Gasteiger partial charge is 0.148 e. The van der Waals surface area contributed by atoms with E-state index >= 15 is 0 Å². The van der Waals surface area contributed by atoms with Crippen LogP contribution >= 0.6 is 0 Å². The molecule has 0 aromatic heterocycles. The van der Waals surface area contributed by atoms with Gasteiger partial charge in [0.05, 0.1) is 5.75 Å². The highest BCUT2D eigenvalue weighted by Crippen LogP contribution is 2.21. The van der Waals surface area contributed by atoms with Gasteiger partial charge >= 0.3 is 0 Å². The van der Waals surface area contributed by atoms with Crippen molar-refractivity contribution < 1.29 is 8.42 Å². The van der Waals surface area contributed by atoms with Gasteiger partial charge in [-0.2, -0.15) is 0 Å². The third-order valence-corrected chi connectivity index (χ3v) is 4.18. The van der Waals surface area contributed by atoms with Gasteiger partial charge in [-0.1, -0.05) is 12.8 Å². The van der Waals surface area contributed by atoms with E-state index in [0.717, 1.165) is 19.1 Å². The summed E-state index contributed by atoms with van der Waals surface area (Å²) in [4.78, 5) is 2.39. The molecule has 0 saturated heterocycles. The van der Waals surface area contributed by atoms with Crippen LogP contribution in [0.15, 0.2) is 0 Å². The Morgan fingerprint density at radius 3 is 2.44 bits per heavy atom. The standard InChI is InChI=1S/C11H24N2O2S/c1-13(11-5-3-4-6-11)9-7-12-8-10-16(2,14)15/h11-12H,3-10H2,1-2H3. The highest BCUT2D eigenvalue weighted by molar-refractivity contribution is 7.90. The van der Waals surface area contributed by atoms with E-state index in [1.54, 1.807) is 0 Å². The molecule has 1 saturated carbocycles. The normalized spacial score (nSPS) is 18.4. The first-order valence-electron chi connectivity index (χ1n) is 6.08. The number of nitrogens with one attached hydrogen (secondary N) is 1. The van der Waals surface area contributed by atoms with Gasteiger partial charge in [-0.3, -0.25) is 0 Å². The SMILES string of the molecule is CN(CCNCCS(C)(=O)=O)C1CCCC1. The Morgan fingerprint density at radius 1 is 1.25 bits per heavy atom. The fourth-order valence-corrected chi connectivity index (χ4v) is 2.68. The first-order valence-corrected chi connectivity index (χ1v) is 8.14. The molecule has 0 spiro atoms. The lowest BCUT2D eigenvalue weighted by Gasteiger charge is -2.23. The number of rotatable bonds is 7. The molecule has 1 fully saturated rings. The molecule has 0 unspecified atom stereocenters. The molecule has 4 nitrogen and oxygen atoms in total. The molecule has 0 bridgehead atoms. The predicted octanol–water partition coefficient (Wildman–Crippen LogP) is 0.495. The first-order chi connectivity index (χ1) is 7.49. The van der Waals surface area contributed by atoms with Gasteiger partial charge < -0.3 is 10.2 Å². The maximum absolute atomic E-state index is 10.9. The minimum Gasteiger partial charge on any atom is -0.314 e. The summed E-state index contributed by atoms with van der Waals surface area (Å²) in [5.74, 6) is 0.236. The predicted molar refractivity (Wildman–Crippen MR) is 67.5 cm³/mol. The average molecular weight is 248 g/mol. The molecule has 0 aliphatic heterocycles. The second kappa shape index (κ2) is 6.57. The minimum absolute atomic E-state index is 0.236. The lowest BCUT2D eigenvalue weighted by molar-refractivity contribution is 0.246. The maximum atomic E-state index is 10.9. The van der Waals surface area contributed by atoms with E-state index in [2.05, 4.69) is 17.3 Å². The van der Waals surface area contributed by atoms with Crippen molar-refractivity contribution in [3.8, 4) is 0 Å². The first kappa shape index (κ1) is 13.9. The van der Waals surface area contributed by atoms with E-state index in [1.165, 1.54) is 31.9 Å². The van der Waals surface area contributed by atoms with Crippen LogP contribution in [-0.4, -0.2) is 58.1 Å². The van der Waals surface area contributed by atoms with Crippen molar-refractivity contribution in [1.82, 2.24) is 10.2 Å². The number of sulfone groups is 1. The Morgan fingerprint density at radius 2 is 1.88 bits per heavy atom. The van der Waals surface area contributed by atoms with Crippen molar-refractivity contribution in [3.05, 3.63) is 0 Å². The fourth-order valence-electron chi connectivity index (χ4n) is 2.17. The third-order valence-electron chi connectivity index (χ3n) is 3.24. The van der Waals surface area contributed by atoms with E-state index < -0.39 is 9.84 Å². The number of hydrogen-bond acceptors (Lipinski definition) is 4. The largest absolute Gasteiger partial charge is 0.314 e. The van der Waals surface area contributed by atoms with Crippen LogP contribution in [0.2, 0.25) is 0 Å². The highest BCUT2D eigenvalue weighted by atomic mass is 32.2. The van der Waals surface area contributed by atoms with Crippen molar-refractivity contribution in [2.45, 2.75) is 31.7 Å². The minimum atomic E-state index is -2.82. The van der Waals surface area contributed by atoms with E-state index in [1.807, 2.05) is 0 Å². The molecule has 0 aromatic carbocycles. The van der Waals surface area contributed by atoms with E-state index in [0.29, 0.717) is 6.54 Å². The summed E-state index contributed by atoms with van der Waals surface area (Å²) in [5.41, 5.74) is 0. The molecule has 0 amide bonds. The zero-order chi connectivity index (χ0) is 12.0. The Bertz CT molecular complexity index is 284. The van der Waals surface area contributed by atoms with Crippen LogP contribution < -0.4 is 5.32 Å². The fraction of sp³-hybridized carbons (Fsp3) is 1.00. The van der Waals surface area contributed by atoms with Crippen molar-refractivity contribution in [3.63, 3.8) is 0 Å². The van der Waals surface area contributed by atoms with Crippen molar-refractivity contribution in [2.75, 3.05) is 38.7 Å². The lowest BCUT2D eigenvalue weighted by Crippen LogP contribution is -2.36. The van der Waals surface area contributed by atoms with Crippen LogP contribution in [-0.2, 0) is 9.84 Å². The second-order valence-electron chi connectivity index (χ2n) is 4.80. The molecule has 0 atom stereocenters. The Labute approximate surface area is 99.3 Å². The van der Waals surface area contributed by atoms with Gasteiger partial charge in [-0.25, -0.2) is 8.42 Å². The van der Waals surface area contributed by atoms with Gasteiger partial charge in [-0.15, -0.1) is 0 Å². The average Bonchev–Trinajstić information content (AvgIpc) is 2.67. The Balaban J connectivity index is 2.02. The molecule has 0 radical (unpaired) electrons. The molecule has 0 aromatic rings. The van der Waals surface area contributed by atoms with Gasteiger partial charge in [0.15, 0.2) is 0 Å². The summed E-state index contributed by atoms with van der Waals surface area (Å²) in [7, 11) is -0.656. The van der Waals surface area contributed by atoms with E-state index in [9.17, 15) is 8.42 Å². The quantitative estimate of drug-likeness (QED) is 0.666. The number of likely N-dealkylation sites (N-methyl/N-ethyl adjacent to an activating group) is 1. The summed E-state index contributed by atoms with van der Waals surface area (Å²) in [6, 6.07) is 0.747. The molecule has 1 aliphatic rings. The zero-order valence-corrected chi connectivity index (χ0v) is 11.2. The summed E-state index contributed by atoms with van der Waals surface area (Å²) in [6.07, 6.45) is 6.63. The molecule has 5 heteroatoms. The number of hydrogen-bond donors (Lipinski definition) is 1. The van der Waals surface area contributed by atoms with Gasteiger partial charge in [0.2, 0.25) is 0 Å². The Kier molecular flexibility index (Phi) is 5.72. The molecule has 1 rings (SSSR count). The zero-order valence-electron chi connectivity index (χ0n) is 10.4. The second-order valence-corrected chi connectivity index (χ2v) is 7.06. The van der Waals surface area contributed by atoms with Crippen molar-refractivity contribution >= 4 is 9.84 Å². The molecule has 1 N–H and O–H groups in total. The monoisotopic (exact) mass is 248 g/mol. The topological polar surface area (TPSA) is 49.4 Å². The highest BCUT2D eigenvalue weighted by Gasteiger charge is 2.18. The third kappa shape index (κ3) is 5.82. The van der Waals surface area contributed by atoms with Crippen molar-refractivity contribution in [1.29, 1.82) is 0 Å². The summed E-state index contributed by atoms with van der Waals surface area (Å²) in [5, 5.41) is 3.18. The molecular weight excluding hydrogens is 224 g/mol. The summed E-state index contributed by atoms with van der Waals surface area (Å²) < 4.78 is 21.8. The van der Waals surface area contributed by atoms with Gasteiger partial charge in [0.1, 0.15) is 9.84 Å².